The van der Waals surface area contributed by atoms with Crippen LogP contribution in [0.4, 0.5) is 11.4 Å². The van der Waals surface area contributed by atoms with Crippen LogP contribution < -0.4 is 15.0 Å². The monoisotopic (exact) mass is 645 g/mol. The van der Waals surface area contributed by atoms with Gasteiger partial charge >= 0.3 is 0 Å². The molecule has 0 saturated carbocycles. The zero-order valence-corrected chi connectivity index (χ0v) is 23.9. The summed E-state index contributed by atoms with van der Waals surface area (Å²) in [5, 5.41) is 13.7. The summed E-state index contributed by atoms with van der Waals surface area (Å²) >= 11 is 21.2. The molecule has 1 saturated heterocycles. The van der Waals surface area contributed by atoms with E-state index in [4.69, 9.17) is 40.2 Å². The maximum absolute atomic E-state index is 13.4. The van der Waals surface area contributed by atoms with Crippen LogP contribution in [0.5, 0.6) is 5.75 Å². The number of amides is 2. The molecule has 0 radical (unpaired) electrons. The van der Waals surface area contributed by atoms with Gasteiger partial charge in [-0.3, -0.25) is 29.9 Å². The minimum absolute atomic E-state index is 0.0112. The lowest BCUT2D eigenvalue weighted by Gasteiger charge is -2.29. The number of allylic oxidation sites excluding steroid dienone is 1. The van der Waals surface area contributed by atoms with Crippen LogP contribution in [0.25, 0.3) is 6.08 Å². The molecule has 1 N–H and O–H groups in total. The normalized spacial score (nSPS) is 14.4. The molecule has 1 aliphatic heterocycles. The van der Waals surface area contributed by atoms with E-state index in [1.54, 1.807) is 48.5 Å². The summed E-state index contributed by atoms with van der Waals surface area (Å²) < 4.78 is 6.60. The van der Waals surface area contributed by atoms with Gasteiger partial charge in [0.05, 0.1) is 25.1 Å². The van der Waals surface area contributed by atoms with Gasteiger partial charge in [0.2, 0.25) is 0 Å². The first-order valence-corrected chi connectivity index (χ1v) is 13.2. The van der Waals surface area contributed by atoms with Crippen LogP contribution >= 0.6 is 51.3 Å². The Morgan fingerprint density at radius 1 is 1.15 bits per heavy atom. The van der Waals surface area contributed by atoms with Crippen molar-refractivity contribution in [2.45, 2.75) is 13.0 Å². The van der Waals surface area contributed by atoms with Crippen LogP contribution in [0.2, 0.25) is 10.0 Å². The number of nitro groups is 1. The molecule has 3 aromatic carbocycles. The lowest BCUT2D eigenvalue weighted by atomic mass is 10.0. The molecule has 0 atom stereocenters. The van der Waals surface area contributed by atoms with Crippen LogP contribution in [0.15, 0.2) is 77.3 Å². The molecule has 0 bridgehead atoms. The number of nitro benzene ring substituents is 1. The molecule has 1 aliphatic rings. The van der Waals surface area contributed by atoms with Gasteiger partial charge in [-0.25, -0.2) is 0 Å². The third-order valence-corrected chi connectivity index (χ3v) is 7.30. The number of non-ortho nitro benzene ring substituents is 1. The number of thiocarbonyl (C=S) groups is 1. The van der Waals surface area contributed by atoms with Gasteiger partial charge in [0.15, 0.2) is 5.11 Å². The van der Waals surface area contributed by atoms with Crippen molar-refractivity contribution >= 4 is 85.7 Å². The molecule has 39 heavy (non-hydrogen) atoms. The number of carbonyl (C=O) groups excluding carboxylic acids is 2. The Hall–Kier alpha value is -3.57. The Balaban J connectivity index is 1.65. The van der Waals surface area contributed by atoms with Crippen molar-refractivity contribution in [1.29, 1.82) is 0 Å². The Labute approximate surface area is 247 Å². The van der Waals surface area contributed by atoms with E-state index in [2.05, 4.69) is 27.8 Å². The van der Waals surface area contributed by atoms with E-state index in [1.807, 2.05) is 0 Å². The summed E-state index contributed by atoms with van der Waals surface area (Å²) in [4.78, 5) is 37.7. The van der Waals surface area contributed by atoms with Crippen molar-refractivity contribution in [1.82, 2.24) is 5.32 Å². The highest BCUT2D eigenvalue weighted by molar-refractivity contribution is 9.10. The first kappa shape index (κ1) is 28.4. The SMILES string of the molecule is C=CCc1cc(/C=C2\C(=O)NC(=S)N(c3cccc(Cl)c3Cl)C2=O)cc(Br)c1OCc1ccc([N+](=O)[O-])cc1. The van der Waals surface area contributed by atoms with Crippen LogP contribution in [0.3, 0.4) is 0 Å². The molecule has 1 fully saturated rings. The molecule has 2 amide bonds. The molecule has 1 heterocycles. The van der Waals surface area contributed by atoms with E-state index in [1.165, 1.54) is 18.2 Å². The van der Waals surface area contributed by atoms with E-state index in [0.29, 0.717) is 22.2 Å². The summed E-state index contributed by atoms with van der Waals surface area (Å²) in [5.74, 6) is -0.782. The molecule has 8 nitrogen and oxygen atoms in total. The zero-order chi connectivity index (χ0) is 28.3. The quantitative estimate of drug-likeness (QED) is 0.0721. The van der Waals surface area contributed by atoms with Crippen LogP contribution in [0, 0.1) is 10.1 Å². The number of hydrogen-bond acceptors (Lipinski definition) is 6. The number of anilines is 1. The number of nitrogens with one attached hydrogen (secondary N) is 1. The van der Waals surface area contributed by atoms with Gasteiger partial charge in [0, 0.05) is 12.1 Å². The fourth-order valence-corrected chi connectivity index (χ4v) is 5.09. The zero-order valence-electron chi connectivity index (χ0n) is 19.9. The summed E-state index contributed by atoms with van der Waals surface area (Å²) in [6.45, 7) is 3.96. The number of benzene rings is 3. The average molecular weight is 647 g/mol. The van der Waals surface area contributed by atoms with Crippen molar-refractivity contribution < 1.29 is 19.2 Å². The second-order valence-electron chi connectivity index (χ2n) is 8.23. The maximum atomic E-state index is 13.4. The van der Waals surface area contributed by atoms with Gasteiger partial charge in [-0.1, -0.05) is 35.3 Å². The van der Waals surface area contributed by atoms with E-state index in [-0.39, 0.29) is 38.7 Å². The van der Waals surface area contributed by atoms with Crippen molar-refractivity contribution in [3.63, 3.8) is 0 Å². The third-order valence-electron chi connectivity index (χ3n) is 5.62. The van der Waals surface area contributed by atoms with Gasteiger partial charge in [0.1, 0.15) is 17.9 Å². The van der Waals surface area contributed by atoms with Crippen molar-refractivity contribution in [3.8, 4) is 5.75 Å². The number of carbonyl (C=O) groups is 2. The summed E-state index contributed by atoms with van der Waals surface area (Å²) in [5.41, 5.74) is 2.10. The molecule has 0 spiro atoms. The first-order chi connectivity index (χ1) is 18.6. The minimum Gasteiger partial charge on any atom is -0.487 e. The standard InChI is InChI=1S/C27H18BrCl2N3O5S/c1-2-4-17-11-16(13-20(28)24(17)38-14-15-7-9-18(10-8-15)33(36)37)12-19-25(34)31-27(39)32(26(19)35)22-6-3-5-21(29)23(22)30/h2-3,5-13H,1,4,14H2,(H,31,34,39)/b19-12+. The fourth-order valence-electron chi connectivity index (χ4n) is 3.80. The molecule has 4 rings (SSSR count). The average Bonchev–Trinajstić information content (AvgIpc) is 2.89. The highest BCUT2D eigenvalue weighted by Gasteiger charge is 2.35. The summed E-state index contributed by atoms with van der Waals surface area (Å²) in [6, 6.07) is 14.3. The number of halogens is 3. The Bertz CT molecular complexity index is 1560. The van der Waals surface area contributed by atoms with Crippen molar-refractivity contribution in [2.24, 2.45) is 0 Å². The maximum Gasteiger partial charge on any atom is 0.270 e. The molecule has 198 valence electrons. The molecule has 0 aromatic heterocycles. The van der Waals surface area contributed by atoms with Gasteiger partial charge in [-0.15, -0.1) is 6.58 Å². The highest BCUT2D eigenvalue weighted by Crippen LogP contribution is 2.36. The predicted octanol–water partition coefficient (Wildman–Crippen LogP) is 6.80. The highest BCUT2D eigenvalue weighted by atomic mass is 79.9. The smallest absolute Gasteiger partial charge is 0.270 e. The van der Waals surface area contributed by atoms with Crippen LogP contribution in [0.1, 0.15) is 16.7 Å². The lowest BCUT2D eigenvalue weighted by molar-refractivity contribution is -0.384. The van der Waals surface area contributed by atoms with E-state index in [0.717, 1.165) is 16.0 Å². The topological polar surface area (TPSA) is 102 Å². The lowest BCUT2D eigenvalue weighted by Crippen LogP contribution is -2.54. The van der Waals surface area contributed by atoms with E-state index in [9.17, 15) is 19.7 Å². The van der Waals surface area contributed by atoms with Crippen LogP contribution in [-0.4, -0.2) is 21.9 Å². The summed E-state index contributed by atoms with van der Waals surface area (Å²) in [7, 11) is 0. The number of nitrogens with zero attached hydrogens (tertiary/aromatic N) is 2. The molecule has 0 aliphatic carbocycles. The Kier molecular flexibility index (Phi) is 8.81. The molecule has 12 heteroatoms. The second kappa shape index (κ2) is 12.1. The predicted molar refractivity (Wildman–Crippen MR) is 158 cm³/mol. The molecule has 3 aromatic rings. The van der Waals surface area contributed by atoms with Crippen molar-refractivity contribution in [2.75, 3.05) is 4.90 Å². The van der Waals surface area contributed by atoms with E-state index < -0.39 is 16.7 Å². The van der Waals surface area contributed by atoms with Crippen LogP contribution in [-0.2, 0) is 22.6 Å². The Morgan fingerprint density at radius 3 is 2.54 bits per heavy atom. The van der Waals surface area contributed by atoms with Gasteiger partial charge in [-0.05, 0) is 93.7 Å². The number of hydrogen-bond donors (Lipinski definition) is 1. The van der Waals surface area contributed by atoms with E-state index >= 15 is 0 Å². The molecular weight excluding hydrogens is 629 g/mol. The summed E-state index contributed by atoms with van der Waals surface area (Å²) in [6.07, 6.45) is 3.57. The first-order valence-electron chi connectivity index (χ1n) is 11.3. The largest absolute Gasteiger partial charge is 0.487 e. The fraction of sp³-hybridized carbons (Fsp3) is 0.0741. The van der Waals surface area contributed by atoms with Gasteiger partial charge in [0.25, 0.3) is 17.5 Å². The molecule has 0 unspecified atom stereocenters. The minimum atomic E-state index is -0.659. The molecular formula is C27H18BrCl2N3O5S. The number of rotatable bonds is 8. The number of ether oxygens (including phenoxy) is 1. The van der Waals surface area contributed by atoms with Gasteiger partial charge in [-0.2, -0.15) is 0 Å². The van der Waals surface area contributed by atoms with Gasteiger partial charge < -0.3 is 4.74 Å². The Morgan fingerprint density at radius 2 is 1.87 bits per heavy atom. The van der Waals surface area contributed by atoms with Crippen molar-refractivity contribution in [3.05, 3.63) is 114 Å². The second-order valence-corrected chi connectivity index (χ2v) is 10.3. The third kappa shape index (κ3) is 6.20.